The van der Waals surface area contributed by atoms with Gasteiger partial charge in [0.2, 0.25) is 0 Å². The number of rotatable bonds is 6. The van der Waals surface area contributed by atoms with E-state index in [-0.39, 0.29) is 5.91 Å². The molecule has 6 heteroatoms. The first-order valence-electron chi connectivity index (χ1n) is 9.26. The van der Waals surface area contributed by atoms with E-state index in [0.29, 0.717) is 24.7 Å². The Morgan fingerprint density at radius 2 is 2.04 bits per heavy atom. The van der Waals surface area contributed by atoms with Crippen LogP contribution in [0.15, 0.2) is 42.6 Å². The Balaban J connectivity index is 1.84. The van der Waals surface area contributed by atoms with Crippen LogP contribution in [-0.4, -0.2) is 28.9 Å². The number of anilines is 1. The van der Waals surface area contributed by atoms with Gasteiger partial charge in [0.05, 0.1) is 0 Å². The molecule has 0 radical (unpaired) electrons. The summed E-state index contributed by atoms with van der Waals surface area (Å²) in [7, 11) is 0. The van der Waals surface area contributed by atoms with Crippen LogP contribution in [0.2, 0.25) is 0 Å². The second-order valence-corrected chi connectivity index (χ2v) is 6.88. The summed E-state index contributed by atoms with van der Waals surface area (Å²) in [6.07, 6.45) is 3.38. The minimum absolute atomic E-state index is 0.340. The van der Waals surface area contributed by atoms with Gasteiger partial charge in [-0.2, -0.15) is 0 Å². The second kappa shape index (κ2) is 7.78. The van der Waals surface area contributed by atoms with Crippen molar-refractivity contribution in [1.29, 1.82) is 0 Å². The number of amides is 2. The molecule has 27 heavy (non-hydrogen) atoms. The van der Waals surface area contributed by atoms with Gasteiger partial charge in [0.15, 0.2) is 11.6 Å². The molecule has 2 amide bonds. The Morgan fingerprint density at radius 3 is 2.78 bits per heavy atom. The zero-order valence-corrected chi connectivity index (χ0v) is 16.0. The van der Waals surface area contributed by atoms with Crippen molar-refractivity contribution in [2.24, 2.45) is 0 Å². The normalized spacial score (nSPS) is 18.6. The Morgan fingerprint density at radius 1 is 1.26 bits per heavy atom. The molecule has 3 rings (SSSR count). The molecule has 1 aromatic carbocycles. The molecule has 0 bridgehead atoms. The summed E-state index contributed by atoms with van der Waals surface area (Å²) in [5.41, 5.74) is 0.465. The van der Waals surface area contributed by atoms with E-state index in [0.717, 1.165) is 24.0 Å². The van der Waals surface area contributed by atoms with E-state index in [1.165, 1.54) is 6.92 Å². The van der Waals surface area contributed by atoms with Crippen LogP contribution in [0.25, 0.3) is 0 Å². The third-order valence-corrected chi connectivity index (χ3v) is 4.84. The van der Waals surface area contributed by atoms with E-state index < -0.39 is 11.5 Å². The van der Waals surface area contributed by atoms with E-state index in [9.17, 15) is 9.59 Å². The number of benzene rings is 1. The third kappa shape index (κ3) is 3.65. The maximum atomic E-state index is 13.1. The van der Waals surface area contributed by atoms with Crippen molar-refractivity contribution in [2.75, 3.05) is 11.4 Å². The molecule has 2 heterocycles. The molecule has 1 aliphatic heterocycles. The van der Waals surface area contributed by atoms with Gasteiger partial charge in [0.1, 0.15) is 0 Å². The van der Waals surface area contributed by atoms with E-state index in [4.69, 9.17) is 4.74 Å². The average Bonchev–Trinajstić information content (AvgIpc) is 2.67. The lowest BCUT2D eigenvalue weighted by atomic mass is 10.00. The highest BCUT2D eigenvalue weighted by Gasteiger charge is 2.50. The van der Waals surface area contributed by atoms with Gasteiger partial charge in [-0.05, 0) is 43.5 Å². The Kier molecular flexibility index (Phi) is 5.44. The molecular formula is C21H25N3O3. The van der Waals surface area contributed by atoms with Crippen LogP contribution in [0, 0.1) is 6.92 Å². The predicted octanol–water partition coefficient (Wildman–Crippen LogP) is 2.99. The standard InChI is InChI=1S/C21H25N3O3/c1-4-5-13-24-18-17(11-8-12-22-18)27-21(3,20(24)26)19(25)23-14-16-10-7-6-9-15(16)2/h6-12H,4-5,13-14H2,1-3H3,(H,23,25). The molecule has 1 atom stereocenters. The molecule has 1 aliphatic rings. The van der Waals surface area contributed by atoms with Crippen LogP contribution in [0.1, 0.15) is 37.8 Å². The van der Waals surface area contributed by atoms with E-state index >= 15 is 0 Å². The van der Waals surface area contributed by atoms with Gasteiger partial charge in [-0.15, -0.1) is 0 Å². The van der Waals surface area contributed by atoms with Crippen molar-refractivity contribution in [3.8, 4) is 5.75 Å². The molecule has 6 nitrogen and oxygen atoms in total. The van der Waals surface area contributed by atoms with Crippen LogP contribution in [0.5, 0.6) is 5.75 Å². The quantitative estimate of drug-likeness (QED) is 0.797. The molecule has 0 saturated heterocycles. The Bertz CT molecular complexity index is 852. The van der Waals surface area contributed by atoms with Crippen molar-refractivity contribution in [2.45, 2.75) is 45.8 Å². The first-order valence-corrected chi connectivity index (χ1v) is 9.26. The van der Waals surface area contributed by atoms with Crippen molar-refractivity contribution in [1.82, 2.24) is 10.3 Å². The molecule has 142 valence electrons. The maximum absolute atomic E-state index is 13.1. The first-order chi connectivity index (χ1) is 13.0. The van der Waals surface area contributed by atoms with Crippen LogP contribution < -0.4 is 15.0 Å². The van der Waals surface area contributed by atoms with Gasteiger partial charge in [-0.3, -0.25) is 14.5 Å². The van der Waals surface area contributed by atoms with Crippen molar-refractivity contribution in [3.05, 3.63) is 53.7 Å². The molecule has 0 aliphatic carbocycles. The number of unbranched alkanes of at least 4 members (excludes halogenated alkanes) is 1. The van der Waals surface area contributed by atoms with Crippen LogP contribution >= 0.6 is 0 Å². The number of carbonyl (C=O) groups excluding carboxylic acids is 2. The highest BCUT2D eigenvalue weighted by atomic mass is 16.5. The fourth-order valence-corrected chi connectivity index (χ4v) is 3.10. The van der Waals surface area contributed by atoms with Gasteiger partial charge >= 0.3 is 0 Å². The fourth-order valence-electron chi connectivity index (χ4n) is 3.10. The van der Waals surface area contributed by atoms with Gasteiger partial charge in [0.25, 0.3) is 17.4 Å². The number of ether oxygens (including phenoxy) is 1. The van der Waals surface area contributed by atoms with E-state index in [2.05, 4.69) is 17.2 Å². The lowest BCUT2D eigenvalue weighted by Crippen LogP contribution is -2.62. The number of hydrogen-bond acceptors (Lipinski definition) is 4. The SMILES string of the molecule is CCCCN1C(=O)C(C)(C(=O)NCc2ccccc2C)Oc2cccnc21. The minimum Gasteiger partial charge on any atom is -0.464 e. The van der Waals surface area contributed by atoms with Crippen molar-refractivity contribution >= 4 is 17.6 Å². The number of pyridine rings is 1. The van der Waals surface area contributed by atoms with Gasteiger partial charge < -0.3 is 10.1 Å². The molecule has 1 aromatic heterocycles. The van der Waals surface area contributed by atoms with Crippen molar-refractivity contribution < 1.29 is 14.3 Å². The highest BCUT2D eigenvalue weighted by Crippen LogP contribution is 2.36. The number of nitrogens with zero attached hydrogens (tertiary/aromatic N) is 2. The van der Waals surface area contributed by atoms with Crippen molar-refractivity contribution in [3.63, 3.8) is 0 Å². The lowest BCUT2D eigenvalue weighted by molar-refractivity contribution is -0.148. The summed E-state index contributed by atoms with van der Waals surface area (Å²) < 4.78 is 5.86. The topological polar surface area (TPSA) is 71.5 Å². The maximum Gasteiger partial charge on any atom is 0.282 e. The largest absolute Gasteiger partial charge is 0.464 e. The fraction of sp³-hybridized carbons (Fsp3) is 0.381. The molecule has 1 N–H and O–H groups in total. The molecule has 0 spiro atoms. The molecule has 1 unspecified atom stereocenters. The number of aromatic nitrogens is 1. The summed E-state index contributed by atoms with van der Waals surface area (Å²) in [6, 6.07) is 11.3. The lowest BCUT2D eigenvalue weighted by Gasteiger charge is -2.38. The summed E-state index contributed by atoms with van der Waals surface area (Å²) in [5, 5.41) is 2.86. The highest BCUT2D eigenvalue weighted by molar-refractivity contribution is 6.16. The summed E-state index contributed by atoms with van der Waals surface area (Å²) >= 11 is 0. The predicted molar refractivity (Wildman–Crippen MR) is 104 cm³/mol. The Labute approximate surface area is 159 Å². The number of hydrogen-bond donors (Lipinski definition) is 1. The molecule has 0 fully saturated rings. The van der Waals surface area contributed by atoms with Crippen LogP contribution in [-0.2, 0) is 16.1 Å². The molecule has 0 saturated carbocycles. The summed E-state index contributed by atoms with van der Waals surface area (Å²) in [4.78, 5) is 31.9. The van der Waals surface area contributed by atoms with Gasteiger partial charge in [-0.1, -0.05) is 37.6 Å². The van der Waals surface area contributed by atoms with Crippen LogP contribution in [0.4, 0.5) is 5.82 Å². The second-order valence-electron chi connectivity index (χ2n) is 6.88. The third-order valence-electron chi connectivity index (χ3n) is 4.84. The zero-order chi connectivity index (χ0) is 19.4. The first kappa shape index (κ1) is 18.9. The average molecular weight is 367 g/mol. The molecular weight excluding hydrogens is 342 g/mol. The molecule has 2 aromatic rings. The minimum atomic E-state index is -1.62. The number of aryl methyl sites for hydroxylation is 1. The smallest absolute Gasteiger partial charge is 0.282 e. The number of nitrogens with one attached hydrogen (secondary N) is 1. The zero-order valence-electron chi connectivity index (χ0n) is 16.0. The van der Waals surface area contributed by atoms with E-state index in [1.54, 1.807) is 23.2 Å². The Hall–Kier alpha value is -2.89. The van der Waals surface area contributed by atoms with Crippen LogP contribution in [0.3, 0.4) is 0 Å². The van der Waals surface area contributed by atoms with Gasteiger partial charge in [-0.25, -0.2) is 4.98 Å². The summed E-state index contributed by atoms with van der Waals surface area (Å²) in [5.74, 6) is 0.0815. The summed E-state index contributed by atoms with van der Waals surface area (Å²) in [6.45, 7) is 6.41. The number of fused-ring (bicyclic) bond motifs is 1. The van der Waals surface area contributed by atoms with Gasteiger partial charge in [0, 0.05) is 19.3 Å². The van der Waals surface area contributed by atoms with E-state index in [1.807, 2.05) is 31.2 Å². The number of carbonyl (C=O) groups is 2. The monoisotopic (exact) mass is 367 g/mol.